The van der Waals surface area contributed by atoms with E-state index in [9.17, 15) is 14.0 Å². The molecule has 1 saturated carbocycles. The summed E-state index contributed by atoms with van der Waals surface area (Å²) in [6.07, 6.45) is 2.11. The summed E-state index contributed by atoms with van der Waals surface area (Å²) in [5, 5.41) is 4.77. The molecule has 2 amide bonds. The number of thiophene rings is 1. The van der Waals surface area contributed by atoms with Crippen molar-refractivity contribution in [2.45, 2.75) is 19.3 Å². The molecule has 2 aromatic rings. The van der Waals surface area contributed by atoms with E-state index in [1.807, 2.05) is 22.4 Å². The largest absolute Gasteiger partial charge is 0.342 e. The number of rotatable bonds is 4. The van der Waals surface area contributed by atoms with Crippen LogP contribution in [0.4, 0.5) is 10.1 Å². The molecule has 1 aliphatic carbocycles. The van der Waals surface area contributed by atoms with Crippen LogP contribution in [0.25, 0.3) is 0 Å². The molecule has 4 nitrogen and oxygen atoms in total. The quantitative estimate of drug-likeness (QED) is 0.912. The number of hydrogen-bond acceptors (Lipinski definition) is 3. The molecule has 1 aromatic carbocycles. The average Bonchev–Trinajstić information content (AvgIpc) is 2.90. The topological polar surface area (TPSA) is 49.4 Å². The van der Waals surface area contributed by atoms with Crippen molar-refractivity contribution < 1.29 is 14.0 Å². The number of nitrogens with one attached hydrogen (secondary N) is 1. The summed E-state index contributed by atoms with van der Waals surface area (Å²) < 4.78 is 13.2. The number of anilines is 1. The van der Waals surface area contributed by atoms with Crippen LogP contribution >= 0.6 is 11.3 Å². The SMILES string of the molecule is O=C(Nc1cccc(F)c1)C1CC12CCN(C(=O)Cc1cccs1)C2. The number of carbonyl (C=O) groups excluding carboxylic acids is 2. The van der Waals surface area contributed by atoms with Crippen LogP contribution < -0.4 is 5.32 Å². The van der Waals surface area contributed by atoms with Crippen molar-refractivity contribution in [1.29, 1.82) is 0 Å². The molecule has 2 aliphatic rings. The second-order valence-electron chi connectivity index (χ2n) is 6.94. The number of benzene rings is 1. The second-order valence-corrected chi connectivity index (χ2v) is 7.97. The summed E-state index contributed by atoms with van der Waals surface area (Å²) in [6, 6.07) is 9.85. The third kappa shape index (κ3) is 3.31. The molecule has 0 bridgehead atoms. The van der Waals surface area contributed by atoms with Crippen molar-refractivity contribution in [3.63, 3.8) is 0 Å². The van der Waals surface area contributed by atoms with Gasteiger partial charge in [-0.15, -0.1) is 11.3 Å². The normalized spacial score (nSPS) is 24.5. The van der Waals surface area contributed by atoms with Crippen LogP contribution in [0.3, 0.4) is 0 Å². The Kier molecular flexibility index (Phi) is 4.07. The fraction of sp³-hybridized carbons (Fsp3) is 0.368. The van der Waals surface area contributed by atoms with Gasteiger partial charge in [0.25, 0.3) is 0 Å². The molecule has 2 fully saturated rings. The smallest absolute Gasteiger partial charge is 0.228 e. The fourth-order valence-corrected chi connectivity index (χ4v) is 4.44. The molecular formula is C19H19FN2O2S. The molecule has 1 saturated heterocycles. The van der Waals surface area contributed by atoms with Crippen LogP contribution in [0.2, 0.25) is 0 Å². The first-order chi connectivity index (χ1) is 12.1. The third-order valence-corrected chi connectivity index (χ3v) is 6.12. The first kappa shape index (κ1) is 16.3. The highest BCUT2D eigenvalue weighted by atomic mass is 32.1. The van der Waals surface area contributed by atoms with Gasteiger partial charge in [0.05, 0.1) is 6.42 Å². The summed E-state index contributed by atoms with van der Waals surface area (Å²) >= 11 is 1.59. The number of amides is 2. The Bertz CT molecular complexity index is 808. The standard InChI is InChI=1S/C19H19FN2O2S/c20-13-3-1-4-14(9-13)21-18(24)16-11-19(16)6-7-22(12-19)17(23)10-15-5-2-8-25-15/h1-5,8-9,16H,6-7,10-12H2,(H,21,24). The van der Waals surface area contributed by atoms with Crippen LogP contribution in [0.15, 0.2) is 41.8 Å². The van der Waals surface area contributed by atoms with Crippen LogP contribution in [-0.2, 0) is 16.0 Å². The monoisotopic (exact) mass is 358 g/mol. The van der Waals surface area contributed by atoms with Crippen LogP contribution in [0.1, 0.15) is 17.7 Å². The lowest BCUT2D eigenvalue weighted by Crippen LogP contribution is -2.31. The molecule has 0 radical (unpaired) electrons. The summed E-state index contributed by atoms with van der Waals surface area (Å²) in [5.41, 5.74) is 0.401. The third-order valence-electron chi connectivity index (χ3n) is 5.24. The van der Waals surface area contributed by atoms with Gasteiger partial charge in [0, 0.05) is 35.0 Å². The highest BCUT2D eigenvalue weighted by Gasteiger charge is 2.61. The number of nitrogens with zero attached hydrogens (tertiary/aromatic N) is 1. The second kappa shape index (κ2) is 6.26. The maximum absolute atomic E-state index is 13.2. The first-order valence-electron chi connectivity index (χ1n) is 8.42. The molecule has 2 atom stereocenters. The van der Waals surface area contributed by atoms with E-state index in [1.165, 1.54) is 12.1 Å². The van der Waals surface area contributed by atoms with E-state index in [2.05, 4.69) is 5.32 Å². The van der Waals surface area contributed by atoms with Gasteiger partial charge in [0.1, 0.15) is 5.82 Å². The fourth-order valence-electron chi connectivity index (χ4n) is 3.75. The highest BCUT2D eigenvalue weighted by Crippen LogP contribution is 2.58. The summed E-state index contributed by atoms with van der Waals surface area (Å²) in [6.45, 7) is 1.37. The van der Waals surface area contributed by atoms with E-state index >= 15 is 0 Å². The van der Waals surface area contributed by atoms with Crippen molar-refractivity contribution in [1.82, 2.24) is 4.90 Å². The lowest BCUT2D eigenvalue weighted by Gasteiger charge is -2.16. The summed E-state index contributed by atoms with van der Waals surface area (Å²) in [5.74, 6) is -0.390. The predicted molar refractivity (Wildman–Crippen MR) is 94.8 cm³/mol. The van der Waals surface area contributed by atoms with Crippen molar-refractivity contribution in [2.75, 3.05) is 18.4 Å². The Balaban J connectivity index is 1.34. The Morgan fingerprint density at radius 2 is 2.20 bits per heavy atom. The first-order valence-corrected chi connectivity index (χ1v) is 9.30. The Morgan fingerprint density at radius 3 is 2.96 bits per heavy atom. The predicted octanol–water partition coefficient (Wildman–Crippen LogP) is 3.31. The molecule has 1 aromatic heterocycles. The van der Waals surface area contributed by atoms with Crippen LogP contribution in [-0.4, -0.2) is 29.8 Å². The number of hydrogen-bond donors (Lipinski definition) is 1. The van der Waals surface area contributed by atoms with E-state index < -0.39 is 0 Å². The lowest BCUT2D eigenvalue weighted by atomic mass is 10.0. The van der Waals surface area contributed by atoms with Gasteiger partial charge in [-0.1, -0.05) is 12.1 Å². The highest BCUT2D eigenvalue weighted by molar-refractivity contribution is 7.10. The lowest BCUT2D eigenvalue weighted by molar-refractivity contribution is -0.129. The number of halogens is 1. The van der Waals surface area contributed by atoms with Crippen LogP contribution in [0, 0.1) is 17.2 Å². The van der Waals surface area contributed by atoms with Crippen molar-refractivity contribution in [2.24, 2.45) is 11.3 Å². The summed E-state index contributed by atoms with van der Waals surface area (Å²) in [7, 11) is 0. The minimum Gasteiger partial charge on any atom is -0.342 e. The Labute approximate surface area is 149 Å². The van der Waals surface area contributed by atoms with Crippen LogP contribution in [0.5, 0.6) is 0 Å². The van der Waals surface area contributed by atoms with Crippen molar-refractivity contribution >= 4 is 28.8 Å². The minimum atomic E-state index is -0.366. The van der Waals surface area contributed by atoms with Gasteiger partial charge in [-0.25, -0.2) is 4.39 Å². The van der Waals surface area contributed by atoms with E-state index in [0.717, 1.165) is 17.7 Å². The van der Waals surface area contributed by atoms with Gasteiger partial charge in [-0.3, -0.25) is 9.59 Å². The van der Waals surface area contributed by atoms with Crippen molar-refractivity contribution in [3.8, 4) is 0 Å². The molecule has 1 spiro atoms. The summed E-state index contributed by atoms with van der Waals surface area (Å²) in [4.78, 5) is 27.8. The van der Waals surface area contributed by atoms with E-state index in [-0.39, 0.29) is 29.0 Å². The maximum atomic E-state index is 13.2. The molecule has 2 heterocycles. The molecule has 6 heteroatoms. The van der Waals surface area contributed by atoms with E-state index in [0.29, 0.717) is 25.2 Å². The number of likely N-dealkylation sites (tertiary alicyclic amines) is 1. The van der Waals surface area contributed by atoms with Crippen molar-refractivity contribution in [3.05, 3.63) is 52.5 Å². The molecule has 4 rings (SSSR count). The molecule has 1 N–H and O–H groups in total. The molecule has 2 unspecified atom stereocenters. The van der Waals surface area contributed by atoms with E-state index in [1.54, 1.807) is 23.5 Å². The van der Waals surface area contributed by atoms with Gasteiger partial charge >= 0.3 is 0 Å². The Hall–Kier alpha value is -2.21. The molecular weight excluding hydrogens is 339 g/mol. The zero-order chi connectivity index (χ0) is 17.4. The number of carbonyl (C=O) groups is 2. The van der Waals surface area contributed by atoms with Gasteiger partial charge < -0.3 is 10.2 Å². The van der Waals surface area contributed by atoms with Gasteiger partial charge in [-0.2, -0.15) is 0 Å². The maximum Gasteiger partial charge on any atom is 0.228 e. The van der Waals surface area contributed by atoms with Gasteiger partial charge in [0.15, 0.2) is 0 Å². The average molecular weight is 358 g/mol. The zero-order valence-corrected chi connectivity index (χ0v) is 14.5. The molecule has 1 aliphatic heterocycles. The van der Waals surface area contributed by atoms with Gasteiger partial charge in [-0.05, 0) is 42.5 Å². The van der Waals surface area contributed by atoms with E-state index in [4.69, 9.17) is 0 Å². The molecule has 130 valence electrons. The van der Waals surface area contributed by atoms with Gasteiger partial charge in [0.2, 0.25) is 11.8 Å². The molecule has 25 heavy (non-hydrogen) atoms. The minimum absolute atomic E-state index is 0.0712. The Morgan fingerprint density at radius 1 is 1.32 bits per heavy atom. The zero-order valence-electron chi connectivity index (χ0n) is 13.7.